The minimum Gasteiger partial charge on any atom is -1.00 e. The van der Waals surface area contributed by atoms with Crippen molar-refractivity contribution in [2.75, 3.05) is 32.7 Å². The molecule has 1 aliphatic rings. The Bertz CT molecular complexity index is 911. The zero-order valence-corrected chi connectivity index (χ0v) is 16.9. The molecule has 0 radical (unpaired) electrons. The normalized spacial score (nSPS) is 15.1. The fourth-order valence-corrected chi connectivity index (χ4v) is 4.15. The van der Waals surface area contributed by atoms with Crippen molar-refractivity contribution in [1.82, 2.24) is 9.80 Å². The first-order chi connectivity index (χ1) is 12.6. The van der Waals surface area contributed by atoms with Gasteiger partial charge < -0.3 is 17.3 Å². The average molecular weight is 404 g/mol. The number of hydrogen-bond donors (Lipinski definition) is 0. The molecule has 3 aromatic rings. The summed E-state index contributed by atoms with van der Waals surface area (Å²) in [6, 6.07) is 16.7. The number of fused-ring (bicyclic) bond motifs is 2. The molecule has 27 heavy (non-hydrogen) atoms. The summed E-state index contributed by atoms with van der Waals surface area (Å²) in [5.41, 5.74) is 2.33. The fraction of sp³-hybridized carbons (Fsp3) is 0.333. The molecule has 2 aromatic carbocycles. The van der Waals surface area contributed by atoms with Crippen LogP contribution in [0.5, 0.6) is 0 Å². The molecule has 0 aliphatic carbocycles. The van der Waals surface area contributed by atoms with Gasteiger partial charge in [0, 0.05) is 45.2 Å². The van der Waals surface area contributed by atoms with E-state index in [-0.39, 0.29) is 18.3 Å². The lowest BCUT2D eigenvalue weighted by molar-refractivity contribution is -0.645. The molecular formula is C21H23Cl2N3O. The number of carbonyl (C=O) groups is 1. The predicted molar refractivity (Wildman–Crippen MR) is 105 cm³/mol. The third-order valence-electron chi connectivity index (χ3n) is 5.32. The molecule has 4 rings (SSSR count). The van der Waals surface area contributed by atoms with Crippen molar-refractivity contribution in [1.29, 1.82) is 0 Å². The van der Waals surface area contributed by atoms with Crippen LogP contribution in [0, 0.1) is 0 Å². The molecule has 1 aliphatic heterocycles. The summed E-state index contributed by atoms with van der Waals surface area (Å²) in [5, 5.41) is 3.01. The van der Waals surface area contributed by atoms with E-state index in [4.69, 9.17) is 11.6 Å². The summed E-state index contributed by atoms with van der Waals surface area (Å²) in [5.74, 6) is 0.175. The molecular weight excluding hydrogens is 381 g/mol. The molecule has 0 atom stereocenters. The van der Waals surface area contributed by atoms with Crippen molar-refractivity contribution in [2.45, 2.75) is 13.5 Å². The van der Waals surface area contributed by atoms with E-state index in [1.54, 1.807) is 6.92 Å². The van der Waals surface area contributed by atoms with E-state index >= 15 is 0 Å². The third-order valence-corrected chi connectivity index (χ3v) is 5.73. The van der Waals surface area contributed by atoms with E-state index < -0.39 is 0 Å². The Morgan fingerprint density at radius 3 is 2.00 bits per heavy atom. The highest BCUT2D eigenvalue weighted by molar-refractivity contribution is 6.39. The Morgan fingerprint density at radius 1 is 0.963 bits per heavy atom. The van der Waals surface area contributed by atoms with Crippen LogP contribution in [0.3, 0.4) is 0 Å². The van der Waals surface area contributed by atoms with Crippen molar-refractivity contribution in [3.63, 3.8) is 0 Å². The molecule has 0 bridgehead atoms. The van der Waals surface area contributed by atoms with Gasteiger partial charge in [0.1, 0.15) is 0 Å². The first kappa shape index (κ1) is 19.9. The third kappa shape index (κ3) is 3.88. The second-order valence-corrected chi connectivity index (χ2v) is 7.23. The van der Waals surface area contributed by atoms with Gasteiger partial charge >= 0.3 is 0 Å². The second-order valence-electron chi connectivity index (χ2n) is 6.85. The van der Waals surface area contributed by atoms with Crippen LogP contribution in [0.2, 0.25) is 5.02 Å². The van der Waals surface area contributed by atoms with Crippen LogP contribution in [0.15, 0.2) is 48.5 Å². The topological polar surface area (TPSA) is 27.4 Å². The van der Waals surface area contributed by atoms with E-state index in [1.165, 1.54) is 11.0 Å². The molecule has 1 fully saturated rings. The Labute approximate surface area is 170 Å². The number of amides is 1. The van der Waals surface area contributed by atoms with Crippen molar-refractivity contribution >= 4 is 39.3 Å². The van der Waals surface area contributed by atoms with E-state index in [0.717, 1.165) is 55.1 Å². The quantitative estimate of drug-likeness (QED) is 0.458. The molecule has 2 heterocycles. The molecule has 0 N–H and O–H groups in total. The number of piperazine rings is 1. The van der Waals surface area contributed by atoms with E-state index in [1.807, 2.05) is 17.0 Å². The van der Waals surface area contributed by atoms with Crippen LogP contribution in [-0.4, -0.2) is 48.4 Å². The number of carbonyl (C=O) groups excluding carboxylic acids is 1. The number of nitrogens with zero attached hydrogens (tertiary/aromatic N) is 3. The lowest BCUT2D eigenvalue weighted by Crippen LogP contribution is -3.00. The van der Waals surface area contributed by atoms with E-state index in [2.05, 4.69) is 45.9 Å². The maximum absolute atomic E-state index is 11.5. The minimum atomic E-state index is 0. The maximum Gasteiger partial charge on any atom is 0.219 e. The summed E-state index contributed by atoms with van der Waals surface area (Å²) in [4.78, 5) is 15.9. The number of hydrogen-bond acceptors (Lipinski definition) is 2. The Hall–Kier alpha value is -1.88. The van der Waals surface area contributed by atoms with Crippen molar-refractivity contribution in [2.24, 2.45) is 0 Å². The molecule has 1 aromatic heterocycles. The van der Waals surface area contributed by atoms with Crippen molar-refractivity contribution < 1.29 is 21.8 Å². The fourth-order valence-electron chi connectivity index (χ4n) is 3.83. The van der Waals surface area contributed by atoms with E-state index in [0.29, 0.717) is 0 Å². The first-order valence-electron chi connectivity index (χ1n) is 9.12. The molecule has 1 saturated heterocycles. The molecule has 4 nitrogen and oxygen atoms in total. The number of para-hydroxylation sites is 2. The van der Waals surface area contributed by atoms with Gasteiger partial charge in [-0.05, 0) is 12.1 Å². The molecule has 0 saturated carbocycles. The van der Waals surface area contributed by atoms with Gasteiger partial charge in [0.2, 0.25) is 16.9 Å². The van der Waals surface area contributed by atoms with Gasteiger partial charge in [0.15, 0.2) is 6.54 Å². The molecule has 0 spiro atoms. The van der Waals surface area contributed by atoms with Gasteiger partial charge in [-0.15, -0.1) is 0 Å². The van der Waals surface area contributed by atoms with Crippen LogP contribution in [-0.2, 0) is 11.3 Å². The molecule has 0 unspecified atom stereocenters. The highest BCUT2D eigenvalue weighted by atomic mass is 35.5. The van der Waals surface area contributed by atoms with Crippen LogP contribution in [0.1, 0.15) is 6.92 Å². The van der Waals surface area contributed by atoms with Crippen LogP contribution in [0.4, 0.5) is 0 Å². The average Bonchev–Trinajstić information content (AvgIpc) is 2.68. The van der Waals surface area contributed by atoms with Gasteiger partial charge in [0.25, 0.3) is 0 Å². The Balaban J connectivity index is 0.00000210. The highest BCUT2D eigenvalue weighted by Gasteiger charge is 2.22. The molecule has 142 valence electrons. The Kier molecular flexibility index (Phi) is 6.20. The van der Waals surface area contributed by atoms with Crippen LogP contribution >= 0.6 is 11.6 Å². The van der Waals surface area contributed by atoms with Crippen molar-refractivity contribution in [3.05, 3.63) is 53.6 Å². The molecule has 6 heteroatoms. The zero-order chi connectivity index (χ0) is 18.1. The summed E-state index contributed by atoms with van der Waals surface area (Å²) in [7, 11) is 0. The van der Waals surface area contributed by atoms with Gasteiger partial charge in [0.05, 0.1) is 22.3 Å². The standard InChI is InChI=1S/C21H23ClN3O.ClH/c1-16(26)24-13-10-23(11-14-24)12-15-25-19-8-4-2-6-17(19)21(22)18-7-3-5-9-20(18)25;/h2-9H,10-15H2,1H3;1H/q+1;/p-1. The second kappa shape index (κ2) is 8.42. The largest absolute Gasteiger partial charge is 1.00 e. The summed E-state index contributed by atoms with van der Waals surface area (Å²) in [6.07, 6.45) is 0. The summed E-state index contributed by atoms with van der Waals surface area (Å²) >= 11 is 6.68. The monoisotopic (exact) mass is 403 g/mol. The molecule has 1 amide bonds. The zero-order valence-electron chi connectivity index (χ0n) is 15.4. The number of pyridine rings is 1. The van der Waals surface area contributed by atoms with Gasteiger partial charge in [-0.2, -0.15) is 4.57 Å². The number of aromatic nitrogens is 1. The van der Waals surface area contributed by atoms with Gasteiger partial charge in [-0.1, -0.05) is 35.9 Å². The van der Waals surface area contributed by atoms with Crippen LogP contribution < -0.4 is 17.0 Å². The summed E-state index contributed by atoms with van der Waals surface area (Å²) < 4.78 is 2.37. The predicted octanol–water partition coefficient (Wildman–Crippen LogP) is 0.102. The lowest BCUT2D eigenvalue weighted by atomic mass is 10.1. The van der Waals surface area contributed by atoms with Gasteiger partial charge in [-0.3, -0.25) is 9.69 Å². The summed E-state index contributed by atoms with van der Waals surface area (Å²) in [6.45, 7) is 7.03. The minimum absolute atomic E-state index is 0. The van der Waals surface area contributed by atoms with E-state index in [9.17, 15) is 4.79 Å². The SMILES string of the molecule is CC(=O)N1CCN(CC[n+]2c3ccccc3c(Cl)c3ccccc32)CC1.[Cl-]. The number of halogens is 2. The van der Waals surface area contributed by atoms with Gasteiger partial charge in [-0.25, -0.2) is 0 Å². The van der Waals surface area contributed by atoms with Crippen LogP contribution in [0.25, 0.3) is 21.8 Å². The Morgan fingerprint density at radius 2 is 1.48 bits per heavy atom. The first-order valence-corrected chi connectivity index (χ1v) is 9.49. The van der Waals surface area contributed by atoms with Crippen molar-refractivity contribution in [3.8, 4) is 0 Å². The maximum atomic E-state index is 11.5. The number of benzene rings is 2. The smallest absolute Gasteiger partial charge is 0.219 e. The lowest BCUT2D eigenvalue weighted by Gasteiger charge is -2.33. The highest BCUT2D eigenvalue weighted by Crippen LogP contribution is 2.28. The number of rotatable bonds is 3.